The van der Waals surface area contributed by atoms with Crippen LogP contribution in [0, 0.1) is 0 Å². The van der Waals surface area contributed by atoms with Crippen molar-refractivity contribution in [3.05, 3.63) is 28.2 Å². The number of hydrogen-bond acceptors (Lipinski definition) is 5. The SMILES string of the molecule is CS(=O)(=O)CCCNC(=O)c1cc(S(=O)(=O)Cl)ccc1Br. The van der Waals surface area contributed by atoms with E-state index in [1.54, 1.807) is 0 Å². The van der Waals surface area contributed by atoms with Crippen LogP contribution in [-0.2, 0) is 18.9 Å². The summed E-state index contributed by atoms with van der Waals surface area (Å²) in [6, 6.07) is 3.83. The van der Waals surface area contributed by atoms with Gasteiger partial charge in [0.05, 0.1) is 16.2 Å². The van der Waals surface area contributed by atoms with Crippen molar-refractivity contribution >= 4 is 51.4 Å². The van der Waals surface area contributed by atoms with Crippen molar-refractivity contribution in [3.8, 4) is 0 Å². The lowest BCUT2D eigenvalue weighted by atomic mass is 10.2. The first-order valence-corrected chi connectivity index (χ1v) is 10.9. The van der Waals surface area contributed by atoms with Crippen molar-refractivity contribution < 1.29 is 21.6 Å². The van der Waals surface area contributed by atoms with Crippen LogP contribution < -0.4 is 5.32 Å². The average molecular weight is 419 g/mol. The highest BCUT2D eigenvalue weighted by atomic mass is 79.9. The zero-order valence-corrected chi connectivity index (χ0v) is 14.9. The number of carbonyl (C=O) groups excluding carboxylic acids is 1. The Labute approximate surface area is 136 Å². The standard InChI is InChI=1S/C11H13BrClNO5S2/c1-20(16,17)6-2-5-14-11(15)9-7-8(21(13,18)19)3-4-10(9)12/h3-4,7H,2,5-6H2,1H3,(H,14,15). The predicted molar refractivity (Wildman–Crippen MR) is 83.8 cm³/mol. The lowest BCUT2D eigenvalue weighted by Gasteiger charge is -2.08. The van der Waals surface area contributed by atoms with E-state index in [0.717, 1.165) is 12.3 Å². The molecule has 0 spiro atoms. The normalized spacial score (nSPS) is 12.1. The Bertz CT molecular complexity index is 746. The smallest absolute Gasteiger partial charge is 0.261 e. The van der Waals surface area contributed by atoms with Gasteiger partial charge in [-0.25, -0.2) is 16.8 Å². The second kappa shape index (κ2) is 7.08. The maximum atomic E-state index is 11.9. The van der Waals surface area contributed by atoms with Crippen LogP contribution in [0.3, 0.4) is 0 Å². The molecule has 0 aliphatic carbocycles. The van der Waals surface area contributed by atoms with Gasteiger partial charge in [-0.3, -0.25) is 4.79 Å². The first-order valence-electron chi connectivity index (χ1n) is 5.71. The van der Waals surface area contributed by atoms with E-state index in [2.05, 4.69) is 21.2 Å². The molecule has 0 bridgehead atoms. The van der Waals surface area contributed by atoms with Gasteiger partial charge in [0.2, 0.25) is 0 Å². The molecule has 0 saturated heterocycles. The largest absolute Gasteiger partial charge is 0.352 e. The Kier molecular flexibility index (Phi) is 6.21. The topological polar surface area (TPSA) is 97.4 Å². The van der Waals surface area contributed by atoms with Gasteiger partial charge < -0.3 is 5.32 Å². The van der Waals surface area contributed by atoms with Crippen LogP contribution in [0.25, 0.3) is 0 Å². The van der Waals surface area contributed by atoms with Crippen LogP contribution in [-0.4, -0.2) is 41.3 Å². The van der Waals surface area contributed by atoms with Gasteiger partial charge in [0.25, 0.3) is 15.0 Å². The van der Waals surface area contributed by atoms with Crippen LogP contribution in [0.4, 0.5) is 0 Å². The second-order valence-corrected chi connectivity index (χ2v) is 10.00. The van der Waals surface area contributed by atoms with Crippen LogP contribution in [0.1, 0.15) is 16.8 Å². The van der Waals surface area contributed by atoms with E-state index in [1.165, 1.54) is 12.1 Å². The van der Waals surface area contributed by atoms with Crippen LogP contribution in [0.2, 0.25) is 0 Å². The molecule has 1 aromatic carbocycles. The summed E-state index contributed by atoms with van der Waals surface area (Å²) in [7, 11) is -1.78. The average Bonchev–Trinajstić information content (AvgIpc) is 2.32. The number of amides is 1. The fourth-order valence-corrected chi connectivity index (χ4v) is 3.33. The predicted octanol–water partition coefficient (Wildman–Crippen LogP) is 1.54. The van der Waals surface area contributed by atoms with Crippen molar-refractivity contribution in [2.45, 2.75) is 11.3 Å². The molecule has 0 heterocycles. The number of benzene rings is 1. The second-order valence-electron chi connectivity index (χ2n) is 4.32. The van der Waals surface area contributed by atoms with Gasteiger partial charge >= 0.3 is 0 Å². The molecule has 6 nitrogen and oxygen atoms in total. The molecule has 0 aliphatic rings. The van der Waals surface area contributed by atoms with Crippen LogP contribution in [0.5, 0.6) is 0 Å². The summed E-state index contributed by atoms with van der Waals surface area (Å²) in [5, 5.41) is 2.52. The Balaban J connectivity index is 2.79. The Hall–Kier alpha value is -0.640. The fraction of sp³-hybridized carbons (Fsp3) is 0.364. The monoisotopic (exact) mass is 417 g/mol. The molecule has 1 rings (SSSR count). The third kappa shape index (κ3) is 6.33. The minimum absolute atomic E-state index is 0.0372. The maximum absolute atomic E-state index is 11.9. The molecule has 0 aliphatic heterocycles. The molecule has 1 amide bonds. The van der Waals surface area contributed by atoms with E-state index in [4.69, 9.17) is 10.7 Å². The highest BCUT2D eigenvalue weighted by Crippen LogP contribution is 2.23. The molecule has 0 fully saturated rings. The molecule has 0 unspecified atom stereocenters. The first-order chi connectivity index (χ1) is 9.50. The number of rotatable bonds is 6. The Morgan fingerprint density at radius 3 is 2.43 bits per heavy atom. The molecular weight excluding hydrogens is 406 g/mol. The number of hydrogen-bond donors (Lipinski definition) is 1. The van der Waals surface area contributed by atoms with Gasteiger partial charge in [0.1, 0.15) is 9.84 Å². The fourth-order valence-electron chi connectivity index (χ4n) is 1.46. The molecule has 0 aromatic heterocycles. The zero-order valence-electron chi connectivity index (χ0n) is 11.0. The number of nitrogens with one attached hydrogen (secondary N) is 1. The van der Waals surface area contributed by atoms with E-state index in [0.29, 0.717) is 4.47 Å². The summed E-state index contributed by atoms with van der Waals surface area (Å²) in [5.74, 6) is -0.553. The Morgan fingerprint density at radius 1 is 1.29 bits per heavy atom. The molecule has 1 aromatic rings. The molecular formula is C11H13BrClNO5S2. The molecule has 0 atom stereocenters. The third-order valence-electron chi connectivity index (χ3n) is 2.44. The number of sulfone groups is 1. The molecule has 21 heavy (non-hydrogen) atoms. The van der Waals surface area contributed by atoms with Gasteiger partial charge in [-0.15, -0.1) is 0 Å². The van der Waals surface area contributed by atoms with Crippen molar-refractivity contribution in [3.63, 3.8) is 0 Å². The summed E-state index contributed by atoms with van der Waals surface area (Å²) in [6.45, 7) is 0.163. The summed E-state index contributed by atoms with van der Waals surface area (Å²) in [5.41, 5.74) is 0.107. The van der Waals surface area contributed by atoms with Gasteiger partial charge in [-0.2, -0.15) is 0 Å². The highest BCUT2D eigenvalue weighted by molar-refractivity contribution is 9.10. The molecule has 0 radical (unpaired) electrons. The van der Waals surface area contributed by atoms with Gasteiger partial charge in [0.15, 0.2) is 0 Å². The number of carbonyl (C=O) groups is 1. The van der Waals surface area contributed by atoms with E-state index in [9.17, 15) is 21.6 Å². The lowest BCUT2D eigenvalue weighted by Crippen LogP contribution is -2.26. The van der Waals surface area contributed by atoms with Gasteiger partial charge in [0, 0.05) is 28.0 Å². The van der Waals surface area contributed by atoms with E-state index in [-0.39, 0.29) is 29.2 Å². The Morgan fingerprint density at radius 2 is 1.90 bits per heavy atom. The van der Waals surface area contributed by atoms with Gasteiger partial charge in [-0.1, -0.05) is 0 Å². The van der Waals surface area contributed by atoms with E-state index >= 15 is 0 Å². The summed E-state index contributed by atoms with van der Waals surface area (Å²) < 4.78 is 44.8. The minimum Gasteiger partial charge on any atom is -0.352 e. The summed E-state index contributed by atoms with van der Waals surface area (Å²) in [6.07, 6.45) is 1.38. The van der Waals surface area contributed by atoms with Gasteiger partial charge in [-0.05, 0) is 40.5 Å². The number of halogens is 2. The molecule has 118 valence electrons. The van der Waals surface area contributed by atoms with Crippen LogP contribution in [0.15, 0.2) is 27.6 Å². The van der Waals surface area contributed by atoms with E-state index < -0.39 is 24.8 Å². The quantitative estimate of drug-likeness (QED) is 0.558. The van der Waals surface area contributed by atoms with Crippen molar-refractivity contribution in [2.75, 3.05) is 18.6 Å². The van der Waals surface area contributed by atoms with Crippen molar-refractivity contribution in [1.29, 1.82) is 0 Å². The summed E-state index contributed by atoms with van der Waals surface area (Å²) in [4.78, 5) is 11.8. The maximum Gasteiger partial charge on any atom is 0.261 e. The molecule has 0 saturated carbocycles. The minimum atomic E-state index is -3.93. The lowest BCUT2D eigenvalue weighted by molar-refractivity contribution is 0.0952. The van der Waals surface area contributed by atoms with Crippen molar-refractivity contribution in [2.24, 2.45) is 0 Å². The van der Waals surface area contributed by atoms with Crippen molar-refractivity contribution in [1.82, 2.24) is 5.32 Å². The first kappa shape index (κ1) is 18.4. The third-order valence-corrected chi connectivity index (χ3v) is 5.51. The summed E-state index contributed by atoms with van der Waals surface area (Å²) >= 11 is 3.14. The van der Waals surface area contributed by atoms with Crippen LogP contribution >= 0.6 is 26.6 Å². The van der Waals surface area contributed by atoms with E-state index in [1.807, 2.05) is 0 Å². The highest BCUT2D eigenvalue weighted by Gasteiger charge is 2.16. The molecule has 10 heteroatoms. The molecule has 1 N–H and O–H groups in total. The zero-order chi connectivity index (χ0) is 16.3.